The fourth-order valence-electron chi connectivity index (χ4n) is 4.08. The molecule has 0 radical (unpaired) electrons. The summed E-state index contributed by atoms with van der Waals surface area (Å²) in [5.74, 6) is 1.16. The van der Waals surface area contributed by atoms with Crippen LogP contribution >= 0.6 is 12.2 Å². The normalized spacial score (nSPS) is 18.1. The number of pyridine rings is 1. The second kappa shape index (κ2) is 8.20. The molecule has 0 unspecified atom stereocenters. The molecule has 0 bridgehead atoms. The number of furan rings is 1. The van der Waals surface area contributed by atoms with E-state index in [0.29, 0.717) is 10.9 Å². The predicted octanol–water partition coefficient (Wildman–Crippen LogP) is 6.27. The number of benzene rings is 2. The average Bonchev–Trinajstić information content (AvgIpc) is 3.41. The number of aromatic nitrogens is 1. The lowest BCUT2D eigenvalue weighted by molar-refractivity contribution is 0.439. The van der Waals surface area contributed by atoms with Crippen molar-refractivity contribution in [2.45, 2.75) is 25.9 Å². The monoisotopic (exact) mass is 443 g/mol. The summed E-state index contributed by atoms with van der Waals surface area (Å²) in [6.07, 6.45) is 1.78. The van der Waals surface area contributed by atoms with Gasteiger partial charge in [0.1, 0.15) is 23.4 Å². The van der Waals surface area contributed by atoms with E-state index in [1.165, 1.54) is 23.3 Å². The highest BCUT2D eigenvalue weighted by atomic mass is 32.1. The number of nitrogens with zero attached hydrogens (tertiary/aromatic N) is 2. The number of hydrogen-bond donors (Lipinski definition) is 1. The van der Waals surface area contributed by atoms with Gasteiger partial charge < -0.3 is 14.6 Å². The fraction of sp³-hybridized carbons (Fsp3) is 0.154. The SMILES string of the molecule is Cc1ccc(N2C(=S)N[C@@H](c3ccccn3)[C@H]2c2ccc(-c3ccc(F)cc3)o2)cc1C. The van der Waals surface area contributed by atoms with Crippen LogP contribution < -0.4 is 10.2 Å². The molecule has 2 aromatic carbocycles. The molecule has 2 atom stereocenters. The predicted molar refractivity (Wildman–Crippen MR) is 128 cm³/mol. The van der Waals surface area contributed by atoms with Crippen molar-refractivity contribution in [3.8, 4) is 11.3 Å². The second-order valence-electron chi connectivity index (χ2n) is 7.97. The van der Waals surface area contributed by atoms with E-state index < -0.39 is 0 Å². The number of hydrogen-bond acceptors (Lipinski definition) is 3. The Kier molecular flexibility index (Phi) is 5.23. The molecule has 4 aromatic rings. The smallest absolute Gasteiger partial charge is 0.174 e. The first-order valence-electron chi connectivity index (χ1n) is 10.4. The lowest BCUT2D eigenvalue weighted by Crippen LogP contribution is -2.29. The molecule has 1 aliphatic heterocycles. The molecule has 0 spiro atoms. The Hall–Kier alpha value is -3.51. The Morgan fingerprint density at radius 3 is 2.50 bits per heavy atom. The number of anilines is 1. The van der Waals surface area contributed by atoms with Gasteiger partial charge in [-0.15, -0.1) is 0 Å². The minimum atomic E-state index is -0.276. The van der Waals surface area contributed by atoms with Crippen LogP contribution in [0.25, 0.3) is 11.3 Å². The molecule has 3 heterocycles. The molecule has 0 aliphatic carbocycles. The van der Waals surface area contributed by atoms with Crippen molar-refractivity contribution < 1.29 is 8.81 Å². The number of nitrogens with one attached hydrogen (secondary N) is 1. The van der Waals surface area contributed by atoms with Gasteiger partial charge in [0.25, 0.3) is 0 Å². The van der Waals surface area contributed by atoms with E-state index in [1.54, 1.807) is 18.3 Å². The van der Waals surface area contributed by atoms with Gasteiger partial charge in [-0.25, -0.2) is 4.39 Å². The van der Waals surface area contributed by atoms with Gasteiger partial charge in [-0.1, -0.05) is 12.1 Å². The van der Waals surface area contributed by atoms with Gasteiger partial charge in [0, 0.05) is 17.4 Å². The molecule has 0 saturated carbocycles. The van der Waals surface area contributed by atoms with Crippen LogP contribution in [-0.4, -0.2) is 10.1 Å². The topological polar surface area (TPSA) is 41.3 Å². The molecule has 5 rings (SSSR count). The zero-order valence-electron chi connectivity index (χ0n) is 17.7. The van der Waals surface area contributed by atoms with Gasteiger partial charge in [0.05, 0.1) is 11.7 Å². The lowest BCUT2D eigenvalue weighted by Gasteiger charge is -2.26. The average molecular weight is 444 g/mol. The van der Waals surface area contributed by atoms with Gasteiger partial charge >= 0.3 is 0 Å². The van der Waals surface area contributed by atoms with Crippen molar-refractivity contribution in [3.05, 3.63) is 107 Å². The Bertz CT molecular complexity index is 1270. The van der Waals surface area contributed by atoms with Crippen LogP contribution in [0.1, 0.15) is 34.7 Å². The highest BCUT2D eigenvalue weighted by molar-refractivity contribution is 7.80. The summed E-state index contributed by atoms with van der Waals surface area (Å²) in [4.78, 5) is 6.66. The van der Waals surface area contributed by atoms with E-state index in [-0.39, 0.29) is 17.9 Å². The summed E-state index contributed by atoms with van der Waals surface area (Å²) in [5.41, 5.74) is 5.11. The van der Waals surface area contributed by atoms with Crippen LogP contribution in [0.3, 0.4) is 0 Å². The standard InChI is InChI=1S/C26H22FN3OS/c1-16-6-11-20(15-17(16)2)30-25(24(29-26(30)32)21-5-3-4-14-28-21)23-13-12-22(31-23)18-7-9-19(27)10-8-18/h3-15,24-25H,1-2H3,(H,29,32)/t24-,25+/m0/s1. The van der Waals surface area contributed by atoms with E-state index in [0.717, 1.165) is 22.7 Å². The molecule has 1 aliphatic rings. The largest absolute Gasteiger partial charge is 0.459 e. The molecule has 2 aromatic heterocycles. The zero-order valence-corrected chi connectivity index (χ0v) is 18.6. The van der Waals surface area contributed by atoms with Gasteiger partial charge in [-0.3, -0.25) is 4.98 Å². The Morgan fingerprint density at radius 1 is 0.969 bits per heavy atom. The minimum absolute atomic E-state index is 0.183. The maximum Gasteiger partial charge on any atom is 0.174 e. The lowest BCUT2D eigenvalue weighted by atomic mass is 10.0. The van der Waals surface area contributed by atoms with Crippen molar-refractivity contribution in [2.75, 3.05) is 4.90 Å². The minimum Gasteiger partial charge on any atom is -0.459 e. The Labute approximate surface area is 191 Å². The van der Waals surface area contributed by atoms with E-state index in [4.69, 9.17) is 16.6 Å². The summed E-state index contributed by atoms with van der Waals surface area (Å²) in [5, 5.41) is 4.06. The van der Waals surface area contributed by atoms with E-state index in [1.807, 2.05) is 30.3 Å². The van der Waals surface area contributed by atoms with Crippen LogP contribution in [0.15, 0.2) is 83.4 Å². The van der Waals surface area contributed by atoms with E-state index in [2.05, 4.69) is 47.2 Å². The van der Waals surface area contributed by atoms with Gasteiger partial charge in [-0.05, 0) is 97.9 Å². The maximum atomic E-state index is 13.4. The molecule has 1 saturated heterocycles. The first kappa shape index (κ1) is 20.4. The maximum absolute atomic E-state index is 13.4. The molecule has 160 valence electrons. The summed E-state index contributed by atoms with van der Waals surface area (Å²) in [7, 11) is 0. The van der Waals surface area contributed by atoms with Gasteiger partial charge in [-0.2, -0.15) is 0 Å². The Balaban J connectivity index is 1.60. The van der Waals surface area contributed by atoms with Crippen molar-refractivity contribution in [3.63, 3.8) is 0 Å². The first-order chi connectivity index (χ1) is 15.5. The van der Waals surface area contributed by atoms with Gasteiger partial charge in [0.15, 0.2) is 5.11 Å². The summed E-state index contributed by atoms with van der Waals surface area (Å²) in [6.45, 7) is 4.19. The van der Waals surface area contributed by atoms with Crippen molar-refractivity contribution >= 4 is 23.0 Å². The van der Waals surface area contributed by atoms with E-state index >= 15 is 0 Å². The first-order valence-corrected chi connectivity index (χ1v) is 10.9. The quantitative estimate of drug-likeness (QED) is 0.376. The van der Waals surface area contributed by atoms with E-state index in [9.17, 15) is 4.39 Å². The third-order valence-corrected chi connectivity index (χ3v) is 6.23. The number of halogens is 1. The fourth-order valence-corrected chi connectivity index (χ4v) is 4.42. The van der Waals surface area contributed by atoms with Crippen molar-refractivity contribution in [1.82, 2.24) is 10.3 Å². The third kappa shape index (κ3) is 3.67. The highest BCUT2D eigenvalue weighted by Gasteiger charge is 2.42. The molecule has 4 nitrogen and oxygen atoms in total. The molecule has 6 heteroatoms. The molecule has 32 heavy (non-hydrogen) atoms. The molecule has 1 fully saturated rings. The van der Waals surface area contributed by atoms with Crippen molar-refractivity contribution in [1.29, 1.82) is 0 Å². The van der Waals surface area contributed by atoms with Crippen LogP contribution in [0.5, 0.6) is 0 Å². The number of rotatable bonds is 4. The summed E-state index contributed by atoms with van der Waals surface area (Å²) in [6, 6.07) is 21.9. The van der Waals surface area contributed by atoms with Crippen LogP contribution in [-0.2, 0) is 0 Å². The highest BCUT2D eigenvalue weighted by Crippen LogP contribution is 2.43. The van der Waals surface area contributed by atoms with Gasteiger partial charge in [0.2, 0.25) is 0 Å². The molecular formula is C26H22FN3OS. The van der Waals surface area contributed by atoms with Crippen LogP contribution in [0, 0.1) is 19.7 Å². The number of aryl methyl sites for hydroxylation is 2. The Morgan fingerprint density at radius 2 is 1.78 bits per heavy atom. The summed E-state index contributed by atoms with van der Waals surface area (Å²) < 4.78 is 19.7. The summed E-state index contributed by atoms with van der Waals surface area (Å²) >= 11 is 5.77. The third-order valence-electron chi connectivity index (χ3n) is 5.91. The van der Waals surface area contributed by atoms with Crippen LogP contribution in [0.2, 0.25) is 0 Å². The zero-order chi connectivity index (χ0) is 22.2. The number of thiocarbonyl (C=S) groups is 1. The molecule has 0 amide bonds. The van der Waals surface area contributed by atoms with Crippen LogP contribution in [0.4, 0.5) is 10.1 Å². The van der Waals surface area contributed by atoms with Crippen molar-refractivity contribution in [2.24, 2.45) is 0 Å². The second-order valence-corrected chi connectivity index (χ2v) is 8.36. The molecule has 1 N–H and O–H groups in total. The molecular weight excluding hydrogens is 421 g/mol.